The van der Waals surface area contributed by atoms with E-state index in [-0.39, 0.29) is 0 Å². The van der Waals surface area contributed by atoms with E-state index in [9.17, 15) is 0 Å². The molecule has 88 valence electrons. The van der Waals surface area contributed by atoms with Gasteiger partial charge in [-0.2, -0.15) is 0 Å². The zero-order chi connectivity index (χ0) is 12.5. The SMILES string of the molecule is Cc1cc(=S)n(-c2ccccc2)c2ccccc12. The average molecular weight is 251 g/mol. The number of aryl methyl sites for hydroxylation is 1. The van der Waals surface area contributed by atoms with Crippen LogP contribution in [0.3, 0.4) is 0 Å². The predicted molar refractivity (Wildman–Crippen MR) is 78.8 cm³/mol. The van der Waals surface area contributed by atoms with Crippen LogP contribution in [0.2, 0.25) is 0 Å². The Labute approximate surface area is 111 Å². The van der Waals surface area contributed by atoms with E-state index in [0.717, 1.165) is 15.8 Å². The molecule has 0 amide bonds. The molecule has 0 fully saturated rings. The number of fused-ring (bicyclic) bond motifs is 1. The highest BCUT2D eigenvalue weighted by molar-refractivity contribution is 7.71. The lowest BCUT2D eigenvalue weighted by molar-refractivity contribution is 1.08. The minimum Gasteiger partial charge on any atom is -0.301 e. The van der Waals surface area contributed by atoms with Crippen LogP contribution < -0.4 is 0 Å². The minimum absolute atomic E-state index is 0.845. The van der Waals surface area contributed by atoms with Gasteiger partial charge in [0.1, 0.15) is 4.64 Å². The van der Waals surface area contributed by atoms with E-state index < -0.39 is 0 Å². The van der Waals surface area contributed by atoms with Crippen LogP contribution in [0.15, 0.2) is 60.7 Å². The van der Waals surface area contributed by atoms with E-state index in [1.54, 1.807) is 0 Å². The summed E-state index contributed by atoms with van der Waals surface area (Å²) in [7, 11) is 0. The van der Waals surface area contributed by atoms with Crippen molar-refractivity contribution in [3.63, 3.8) is 0 Å². The summed E-state index contributed by atoms with van der Waals surface area (Å²) in [5, 5.41) is 1.25. The number of rotatable bonds is 1. The Morgan fingerprint density at radius 3 is 2.33 bits per heavy atom. The molecule has 1 nitrogen and oxygen atoms in total. The van der Waals surface area contributed by atoms with Crippen LogP contribution >= 0.6 is 12.2 Å². The Balaban J connectivity index is 2.46. The Hall–Kier alpha value is -1.93. The molecule has 0 unspecified atom stereocenters. The average Bonchev–Trinajstić information content (AvgIpc) is 2.40. The lowest BCUT2D eigenvalue weighted by atomic mass is 10.1. The number of benzene rings is 2. The zero-order valence-electron chi connectivity index (χ0n) is 10.1. The Bertz CT molecular complexity index is 757. The number of pyridine rings is 1. The molecule has 1 aromatic heterocycles. The topological polar surface area (TPSA) is 4.93 Å². The second-order valence-electron chi connectivity index (χ2n) is 4.35. The molecule has 0 N–H and O–H groups in total. The standard InChI is InChI=1S/C16H13NS/c1-12-11-16(18)17(13-7-3-2-4-8-13)15-10-6-5-9-14(12)15/h2-11H,1H3. The molecule has 2 aromatic carbocycles. The van der Waals surface area contributed by atoms with Gasteiger partial charge in [0.05, 0.1) is 5.52 Å². The maximum absolute atomic E-state index is 5.51. The summed E-state index contributed by atoms with van der Waals surface area (Å²) in [6, 6.07) is 20.7. The normalized spacial score (nSPS) is 10.7. The molecule has 0 atom stereocenters. The molecule has 0 aliphatic heterocycles. The summed E-state index contributed by atoms with van der Waals surface area (Å²) in [5.74, 6) is 0. The van der Waals surface area contributed by atoms with E-state index in [0.29, 0.717) is 0 Å². The summed E-state index contributed by atoms with van der Waals surface area (Å²) in [6.45, 7) is 2.10. The lowest BCUT2D eigenvalue weighted by Gasteiger charge is -2.13. The van der Waals surface area contributed by atoms with E-state index in [2.05, 4.69) is 54.0 Å². The summed E-state index contributed by atoms with van der Waals surface area (Å²) >= 11 is 5.51. The zero-order valence-corrected chi connectivity index (χ0v) is 10.9. The van der Waals surface area contributed by atoms with Gasteiger partial charge in [-0.3, -0.25) is 0 Å². The molecule has 0 saturated carbocycles. The molecule has 0 saturated heterocycles. The summed E-state index contributed by atoms with van der Waals surface area (Å²) in [5.41, 5.74) is 3.50. The molecule has 0 aliphatic rings. The maximum Gasteiger partial charge on any atom is 0.111 e. The highest BCUT2D eigenvalue weighted by Gasteiger charge is 2.04. The quantitative estimate of drug-likeness (QED) is 0.569. The monoisotopic (exact) mass is 251 g/mol. The van der Waals surface area contributed by atoms with Gasteiger partial charge >= 0.3 is 0 Å². The van der Waals surface area contributed by atoms with Gasteiger partial charge in [-0.1, -0.05) is 48.6 Å². The fraction of sp³-hybridized carbons (Fsp3) is 0.0625. The smallest absolute Gasteiger partial charge is 0.111 e. The predicted octanol–water partition coefficient (Wildman–Crippen LogP) is 4.67. The maximum atomic E-state index is 5.51. The third kappa shape index (κ3) is 1.75. The van der Waals surface area contributed by atoms with Gasteiger partial charge in [0.25, 0.3) is 0 Å². The highest BCUT2D eigenvalue weighted by atomic mass is 32.1. The Kier molecular flexibility index (Phi) is 2.73. The molecule has 2 heteroatoms. The first-order valence-electron chi connectivity index (χ1n) is 5.94. The van der Waals surface area contributed by atoms with Gasteiger partial charge < -0.3 is 4.57 Å². The van der Waals surface area contributed by atoms with E-state index in [4.69, 9.17) is 12.2 Å². The molecule has 3 rings (SSSR count). The largest absolute Gasteiger partial charge is 0.301 e. The van der Waals surface area contributed by atoms with E-state index >= 15 is 0 Å². The van der Waals surface area contributed by atoms with Crippen LogP contribution in [0.4, 0.5) is 0 Å². The third-order valence-corrected chi connectivity index (χ3v) is 3.44. The molecule has 0 spiro atoms. The number of hydrogen-bond donors (Lipinski definition) is 0. The Morgan fingerprint density at radius 2 is 1.56 bits per heavy atom. The van der Waals surface area contributed by atoms with Crippen molar-refractivity contribution in [3.8, 4) is 5.69 Å². The minimum atomic E-state index is 0.845. The van der Waals surface area contributed by atoms with Gasteiger partial charge in [0.2, 0.25) is 0 Å². The van der Waals surface area contributed by atoms with E-state index in [1.165, 1.54) is 10.9 Å². The van der Waals surface area contributed by atoms with E-state index in [1.807, 2.05) is 18.2 Å². The van der Waals surface area contributed by atoms with Crippen LogP contribution in [0, 0.1) is 11.6 Å². The first-order chi connectivity index (χ1) is 8.77. The van der Waals surface area contributed by atoms with Gasteiger partial charge in [-0.15, -0.1) is 0 Å². The van der Waals surface area contributed by atoms with Gasteiger partial charge in [0.15, 0.2) is 0 Å². The number of hydrogen-bond acceptors (Lipinski definition) is 1. The lowest BCUT2D eigenvalue weighted by Crippen LogP contribution is -1.99. The number of aromatic nitrogens is 1. The molecule has 0 aliphatic carbocycles. The van der Waals surface area contributed by atoms with Gasteiger partial charge in [-0.25, -0.2) is 0 Å². The first kappa shape index (κ1) is 11.2. The number of nitrogens with zero attached hydrogens (tertiary/aromatic N) is 1. The van der Waals surface area contributed by atoms with Crippen molar-refractivity contribution in [2.24, 2.45) is 0 Å². The second-order valence-corrected chi connectivity index (χ2v) is 4.77. The fourth-order valence-electron chi connectivity index (χ4n) is 2.29. The summed E-state index contributed by atoms with van der Waals surface area (Å²) in [4.78, 5) is 0. The van der Waals surface area contributed by atoms with Crippen molar-refractivity contribution >= 4 is 23.1 Å². The van der Waals surface area contributed by atoms with Crippen molar-refractivity contribution in [2.75, 3.05) is 0 Å². The molecule has 1 heterocycles. The van der Waals surface area contributed by atoms with Crippen molar-refractivity contribution < 1.29 is 0 Å². The van der Waals surface area contributed by atoms with Gasteiger partial charge in [-0.05, 0) is 36.8 Å². The van der Waals surface area contributed by atoms with Crippen molar-refractivity contribution in [1.29, 1.82) is 0 Å². The summed E-state index contributed by atoms with van der Waals surface area (Å²) in [6.07, 6.45) is 0. The summed E-state index contributed by atoms with van der Waals surface area (Å²) < 4.78 is 2.97. The second kappa shape index (κ2) is 4.39. The molecule has 0 bridgehead atoms. The van der Waals surface area contributed by atoms with Crippen LogP contribution in [0.25, 0.3) is 16.6 Å². The van der Waals surface area contributed by atoms with Crippen molar-refractivity contribution in [3.05, 3.63) is 70.9 Å². The first-order valence-corrected chi connectivity index (χ1v) is 6.35. The highest BCUT2D eigenvalue weighted by Crippen LogP contribution is 2.22. The molecular weight excluding hydrogens is 238 g/mol. The third-order valence-electron chi connectivity index (χ3n) is 3.14. The molecule has 18 heavy (non-hydrogen) atoms. The van der Waals surface area contributed by atoms with Crippen molar-refractivity contribution in [2.45, 2.75) is 6.92 Å². The van der Waals surface area contributed by atoms with Crippen molar-refractivity contribution in [1.82, 2.24) is 4.57 Å². The van der Waals surface area contributed by atoms with Crippen LogP contribution in [0.5, 0.6) is 0 Å². The van der Waals surface area contributed by atoms with Crippen LogP contribution in [-0.4, -0.2) is 4.57 Å². The van der Waals surface area contributed by atoms with Gasteiger partial charge in [0, 0.05) is 11.1 Å². The van der Waals surface area contributed by atoms with Crippen LogP contribution in [0.1, 0.15) is 5.56 Å². The Morgan fingerprint density at radius 1 is 0.889 bits per heavy atom. The molecule has 0 radical (unpaired) electrons. The molecular formula is C16H13NS. The molecule has 3 aromatic rings. The van der Waals surface area contributed by atoms with Crippen LogP contribution in [-0.2, 0) is 0 Å². The number of para-hydroxylation sites is 2. The fourth-order valence-corrected chi connectivity index (χ4v) is 2.67.